The van der Waals surface area contributed by atoms with E-state index in [0.29, 0.717) is 45.9 Å². The quantitative estimate of drug-likeness (QED) is 0.194. The maximum absolute atomic E-state index is 12.6. The number of carbonyl (C=O) groups is 2. The molecule has 0 spiro atoms. The van der Waals surface area contributed by atoms with E-state index in [1.807, 2.05) is 13.0 Å². The molecule has 3 aromatic rings. The fraction of sp³-hybridized carbons (Fsp3) is 0.125. The van der Waals surface area contributed by atoms with E-state index in [1.54, 1.807) is 48.5 Å². The van der Waals surface area contributed by atoms with Gasteiger partial charge in [0.15, 0.2) is 17.2 Å². The summed E-state index contributed by atoms with van der Waals surface area (Å²) in [5.41, 5.74) is 4.71. The number of hydrogen-bond acceptors (Lipinski definition) is 6. The second-order valence-electron chi connectivity index (χ2n) is 7.12. The number of amides is 1. The Morgan fingerprint density at radius 1 is 1.00 bits per heavy atom. The topological polar surface area (TPSA) is 86.2 Å². The van der Waals surface area contributed by atoms with Crippen LogP contribution in [0.2, 0.25) is 0 Å². The summed E-state index contributed by atoms with van der Waals surface area (Å²) in [6.07, 6.45) is 1.41. The van der Waals surface area contributed by atoms with Crippen LogP contribution in [0.25, 0.3) is 0 Å². The van der Waals surface area contributed by atoms with Crippen molar-refractivity contribution < 1.29 is 23.8 Å². The highest BCUT2D eigenvalue weighted by Gasteiger charge is 2.17. The second kappa shape index (κ2) is 10.2. The Kier molecular flexibility index (Phi) is 7.10. The fourth-order valence-electron chi connectivity index (χ4n) is 3.12. The van der Waals surface area contributed by atoms with Gasteiger partial charge in [-0.1, -0.05) is 33.6 Å². The van der Waals surface area contributed by atoms with Gasteiger partial charge in [-0.15, -0.1) is 0 Å². The first-order valence-corrected chi connectivity index (χ1v) is 11.5. The molecule has 0 aromatic heterocycles. The van der Waals surface area contributed by atoms with Crippen molar-refractivity contribution in [1.82, 2.24) is 5.43 Å². The lowest BCUT2D eigenvalue weighted by molar-refractivity contribution is 0.0732. The highest BCUT2D eigenvalue weighted by atomic mass is 79.9. The van der Waals surface area contributed by atoms with E-state index < -0.39 is 11.9 Å². The first kappa shape index (κ1) is 23.0. The molecule has 0 aliphatic carbocycles. The van der Waals surface area contributed by atoms with Crippen molar-refractivity contribution in [3.8, 4) is 17.2 Å². The Labute approximate surface area is 207 Å². The Hall–Kier alpha value is -3.17. The van der Waals surface area contributed by atoms with Crippen molar-refractivity contribution in [2.75, 3.05) is 13.2 Å². The Morgan fingerprint density at radius 2 is 1.79 bits per heavy atom. The molecule has 3 aromatic carbocycles. The molecule has 0 fully saturated rings. The number of nitrogens with zero attached hydrogens (tertiary/aromatic N) is 1. The number of benzene rings is 3. The average molecular weight is 574 g/mol. The highest BCUT2D eigenvalue weighted by molar-refractivity contribution is 9.11. The number of ether oxygens (including phenoxy) is 3. The Morgan fingerprint density at radius 3 is 2.58 bits per heavy atom. The summed E-state index contributed by atoms with van der Waals surface area (Å²) in [6.45, 7) is 2.80. The summed E-state index contributed by atoms with van der Waals surface area (Å²) >= 11 is 6.84. The molecule has 0 bridgehead atoms. The van der Waals surface area contributed by atoms with Crippen LogP contribution < -0.4 is 19.6 Å². The summed E-state index contributed by atoms with van der Waals surface area (Å²) in [4.78, 5) is 25.2. The largest absolute Gasteiger partial charge is 0.486 e. The van der Waals surface area contributed by atoms with Crippen LogP contribution in [-0.4, -0.2) is 31.3 Å². The van der Waals surface area contributed by atoms with Crippen LogP contribution in [0, 0.1) is 6.92 Å². The summed E-state index contributed by atoms with van der Waals surface area (Å²) in [7, 11) is 0. The predicted molar refractivity (Wildman–Crippen MR) is 130 cm³/mol. The third-order valence-electron chi connectivity index (χ3n) is 4.66. The Bertz CT molecular complexity index is 1260. The molecule has 0 saturated heterocycles. The lowest BCUT2D eigenvalue weighted by atomic mass is 10.1. The van der Waals surface area contributed by atoms with Gasteiger partial charge in [0.25, 0.3) is 5.91 Å². The second-order valence-corrected chi connectivity index (χ2v) is 8.89. The van der Waals surface area contributed by atoms with Crippen molar-refractivity contribution in [1.29, 1.82) is 0 Å². The van der Waals surface area contributed by atoms with Gasteiger partial charge < -0.3 is 14.2 Å². The maximum Gasteiger partial charge on any atom is 0.343 e. The number of nitrogens with one attached hydrogen (secondary N) is 1. The fourth-order valence-corrected chi connectivity index (χ4v) is 4.46. The molecule has 1 aliphatic rings. The van der Waals surface area contributed by atoms with Crippen LogP contribution in [0.1, 0.15) is 31.8 Å². The number of hydrogen-bond donors (Lipinski definition) is 1. The maximum atomic E-state index is 12.6. The summed E-state index contributed by atoms with van der Waals surface area (Å²) in [6, 6.07) is 15.5. The zero-order valence-corrected chi connectivity index (χ0v) is 20.6. The van der Waals surface area contributed by atoms with Crippen molar-refractivity contribution in [2.45, 2.75) is 6.92 Å². The molecule has 0 atom stereocenters. The smallest absolute Gasteiger partial charge is 0.343 e. The van der Waals surface area contributed by atoms with Gasteiger partial charge in [0.05, 0.1) is 16.3 Å². The molecular weight excluding hydrogens is 556 g/mol. The van der Waals surface area contributed by atoms with E-state index in [2.05, 4.69) is 42.4 Å². The van der Waals surface area contributed by atoms with Gasteiger partial charge in [-0.25, -0.2) is 10.2 Å². The first-order chi connectivity index (χ1) is 15.9. The number of halogens is 2. The number of hydrazone groups is 1. The average Bonchev–Trinajstić information content (AvgIpc) is 2.80. The van der Waals surface area contributed by atoms with Gasteiger partial charge >= 0.3 is 5.97 Å². The molecule has 0 radical (unpaired) electrons. The van der Waals surface area contributed by atoms with Crippen molar-refractivity contribution >= 4 is 50.0 Å². The third kappa shape index (κ3) is 5.61. The molecule has 1 aliphatic heterocycles. The van der Waals surface area contributed by atoms with Crippen molar-refractivity contribution in [3.05, 3.63) is 85.8 Å². The minimum Gasteiger partial charge on any atom is -0.486 e. The molecular formula is C24H18Br2N2O5. The van der Waals surface area contributed by atoms with Gasteiger partial charge in [0.2, 0.25) is 0 Å². The minimum absolute atomic E-state index is 0.280. The number of aryl methyl sites for hydroxylation is 1. The van der Waals surface area contributed by atoms with E-state index >= 15 is 0 Å². The Balaban J connectivity index is 1.51. The first-order valence-electron chi connectivity index (χ1n) is 9.91. The van der Waals surface area contributed by atoms with Crippen LogP contribution in [0.15, 0.2) is 68.6 Å². The monoisotopic (exact) mass is 572 g/mol. The summed E-state index contributed by atoms with van der Waals surface area (Å²) < 4.78 is 17.9. The number of fused-ring (bicyclic) bond motifs is 1. The van der Waals surface area contributed by atoms with Crippen molar-refractivity contribution in [3.63, 3.8) is 0 Å². The summed E-state index contributed by atoms with van der Waals surface area (Å²) in [5, 5.41) is 4.04. The number of carbonyl (C=O) groups excluding carboxylic acids is 2. The van der Waals surface area contributed by atoms with Gasteiger partial charge in [-0.2, -0.15) is 5.10 Å². The van der Waals surface area contributed by atoms with Crippen LogP contribution in [-0.2, 0) is 0 Å². The molecule has 7 nitrogen and oxygen atoms in total. The van der Waals surface area contributed by atoms with E-state index in [9.17, 15) is 9.59 Å². The molecule has 4 rings (SSSR count). The molecule has 168 valence electrons. The summed E-state index contributed by atoms with van der Waals surface area (Å²) in [5.74, 6) is 0.466. The zero-order valence-electron chi connectivity index (χ0n) is 17.4. The highest BCUT2D eigenvalue weighted by Crippen LogP contribution is 2.33. The number of esters is 1. The van der Waals surface area contributed by atoms with Crippen LogP contribution in [0.4, 0.5) is 0 Å². The third-order valence-corrected chi connectivity index (χ3v) is 5.71. The minimum atomic E-state index is -0.503. The van der Waals surface area contributed by atoms with E-state index in [-0.39, 0.29) is 5.75 Å². The van der Waals surface area contributed by atoms with Crippen LogP contribution in [0.3, 0.4) is 0 Å². The van der Waals surface area contributed by atoms with E-state index in [0.717, 1.165) is 10.0 Å². The normalized spacial score (nSPS) is 12.5. The molecule has 1 amide bonds. The molecule has 9 heteroatoms. The molecule has 0 unspecified atom stereocenters. The SMILES string of the molecule is Cc1cccc(C(=O)Oc2c(Br)cc(Br)cc2/C=N\NC(=O)c2ccc3c(c2)OCCO3)c1. The number of rotatable bonds is 5. The lowest BCUT2D eigenvalue weighted by Gasteiger charge is -2.18. The zero-order chi connectivity index (χ0) is 23.4. The molecule has 1 heterocycles. The molecule has 1 N–H and O–H groups in total. The van der Waals surface area contributed by atoms with Crippen LogP contribution >= 0.6 is 31.9 Å². The van der Waals surface area contributed by atoms with Gasteiger partial charge in [0.1, 0.15) is 13.2 Å². The van der Waals surface area contributed by atoms with Gasteiger partial charge in [-0.3, -0.25) is 4.79 Å². The molecule has 33 heavy (non-hydrogen) atoms. The van der Waals surface area contributed by atoms with E-state index in [1.165, 1.54) is 6.21 Å². The standard InChI is InChI=1S/C24H18Br2N2O5/c1-14-3-2-4-16(9-14)24(30)33-22-17(10-18(25)12-19(22)26)13-27-28-23(29)15-5-6-20-21(11-15)32-8-7-31-20/h2-6,9-13H,7-8H2,1H3,(H,28,29)/b27-13-. The van der Waals surface area contributed by atoms with Crippen LogP contribution in [0.5, 0.6) is 17.2 Å². The molecule has 0 saturated carbocycles. The predicted octanol–water partition coefficient (Wildman–Crippen LogP) is 5.27. The van der Waals surface area contributed by atoms with Gasteiger partial charge in [-0.05, 0) is 65.3 Å². The van der Waals surface area contributed by atoms with E-state index in [4.69, 9.17) is 14.2 Å². The lowest BCUT2D eigenvalue weighted by Crippen LogP contribution is -2.19. The van der Waals surface area contributed by atoms with Gasteiger partial charge in [0, 0.05) is 15.6 Å². The van der Waals surface area contributed by atoms with Crippen molar-refractivity contribution in [2.24, 2.45) is 5.10 Å².